The molecule has 4 aromatic rings. The van der Waals surface area contributed by atoms with Gasteiger partial charge >= 0.3 is 17.9 Å². The van der Waals surface area contributed by atoms with Gasteiger partial charge in [0.05, 0.1) is 44.8 Å². The first-order valence-electron chi connectivity index (χ1n) is 44.4. The lowest BCUT2D eigenvalue weighted by molar-refractivity contribution is -0.143. The maximum absolute atomic E-state index is 15.3. The van der Waals surface area contributed by atoms with Gasteiger partial charge < -0.3 is 125 Å². The molecular weight excluding hydrogens is 1740 g/mol. The molecule has 40 nitrogen and oxygen atoms in total. The average molecular weight is 1860 g/mol. The van der Waals surface area contributed by atoms with Crippen LogP contribution in [0.5, 0.6) is 23.0 Å². The lowest BCUT2D eigenvalue weighted by Gasteiger charge is -2.36. The van der Waals surface area contributed by atoms with Gasteiger partial charge in [-0.3, -0.25) is 71.9 Å². The summed E-state index contributed by atoms with van der Waals surface area (Å²) in [6.45, 7) is 13.0. The van der Waals surface area contributed by atoms with E-state index >= 15 is 14.4 Å². The molecule has 0 aliphatic carbocycles. The van der Waals surface area contributed by atoms with E-state index in [1.54, 1.807) is 102 Å². The summed E-state index contributed by atoms with van der Waals surface area (Å²) >= 11 is 5.54. The van der Waals surface area contributed by atoms with Crippen LogP contribution in [0.3, 0.4) is 0 Å². The number of phenolic OH excluding ortho intramolecular Hbond substituents is 2. The van der Waals surface area contributed by atoms with Crippen LogP contribution in [0.1, 0.15) is 217 Å². The van der Waals surface area contributed by atoms with E-state index in [2.05, 4.69) is 69.1 Å². The third kappa shape index (κ3) is 32.1. The van der Waals surface area contributed by atoms with E-state index in [0.717, 1.165) is 25.7 Å². The number of phenols is 2. The number of carbonyl (C=O) groups is 16. The summed E-state index contributed by atoms with van der Waals surface area (Å²) in [6, 6.07) is 8.12. The second-order valence-corrected chi connectivity index (χ2v) is 35.5. The topological polar surface area (TPSA) is 620 Å². The largest absolute Gasteiger partial charge is 0.508 e. The zero-order chi connectivity index (χ0) is 97.3. The molecule has 1 saturated heterocycles. The Bertz CT molecular complexity index is 4740. The molecule has 11 atom stereocenters. The Morgan fingerprint density at radius 2 is 1.11 bits per heavy atom. The Hall–Kier alpha value is -12.6. The molecular formula is C91H127N15O25S. The molecule has 3 aliphatic rings. The molecule has 722 valence electrons. The minimum Gasteiger partial charge on any atom is -0.508 e. The van der Waals surface area contributed by atoms with Gasteiger partial charge in [0.2, 0.25) is 76.8 Å². The number of primary amides is 2. The van der Waals surface area contributed by atoms with Crippen molar-refractivity contribution in [3.63, 3.8) is 0 Å². The van der Waals surface area contributed by atoms with Crippen molar-refractivity contribution in [2.24, 2.45) is 29.2 Å². The van der Waals surface area contributed by atoms with Gasteiger partial charge in [-0.05, 0) is 131 Å². The maximum Gasteiger partial charge on any atom is 0.340 e. The van der Waals surface area contributed by atoms with E-state index in [1.807, 2.05) is 0 Å². The van der Waals surface area contributed by atoms with Crippen LogP contribution in [0.15, 0.2) is 84.9 Å². The van der Waals surface area contributed by atoms with Crippen molar-refractivity contribution >= 4 is 118 Å². The lowest BCUT2D eigenvalue weighted by atomic mass is 9.77. The van der Waals surface area contributed by atoms with Crippen molar-refractivity contribution in [1.82, 2.24) is 63.8 Å². The minimum atomic E-state index is -2.01. The van der Waals surface area contributed by atoms with Crippen molar-refractivity contribution in [2.45, 2.75) is 262 Å². The fraction of sp³-hybridized carbons (Fsp3) is 0.549. The van der Waals surface area contributed by atoms with Gasteiger partial charge in [0, 0.05) is 53.9 Å². The summed E-state index contributed by atoms with van der Waals surface area (Å²) in [5.74, 6) is -17.3. The predicted octanol–water partition coefficient (Wildman–Crippen LogP) is 2.89. The zero-order valence-corrected chi connectivity index (χ0v) is 76.7. The number of carboxylic acid groups (broad SMARTS) is 2. The normalized spacial score (nSPS) is 19.2. The van der Waals surface area contributed by atoms with Gasteiger partial charge in [-0.25, -0.2) is 4.79 Å². The Morgan fingerprint density at radius 3 is 1.68 bits per heavy atom. The molecule has 0 aromatic heterocycles. The van der Waals surface area contributed by atoms with Crippen LogP contribution in [0.4, 0.5) is 5.69 Å². The molecule has 0 unspecified atom stereocenters. The van der Waals surface area contributed by atoms with Crippen molar-refractivity contribution in [3.05, 3.63) is 113 Å². The molecule has 1 spiro atoms. The van der Waals surface area contributed by atoms with Crippen LogP contribution in [0.25, 0.3) is 0 Å². The highest BCUT2D eigenvalue weighted by Crippen LogP contribution is 2.57. The number of aliphatic hydroxyl groups excluding tert-OH is 1. The Kier molecular flexibility index (Phi) is 40.9. The number of anilines is 1. The lowest BCUT2D eigenvalue weighted by Crippen LogP contribution is -2.65. The predicted molar refractivity (Wildman–Crippen MR) is 483 cm³/mol. The fourth-order valence-corrected chi connectivity index (χ4v) is 15.7. The van der Waals surface area contributed by atoms with Crippen LogP contribution < -0.4 is 85.3 Å². The van der Waals surface area contributed by atoms with Crippen molar-refractivity contribution < 1.29 is 121 Å². The number of nitrogens with one attached hydrogen (secondary N) is 13. The fourth-order valence-electron chi connectivity index (χ4n) is 15.5. The Morgan fingerprint density at radius 1 is 0.561 bits per heavy atom. The number of nitrogens with two attached hydrogens (primary N) is 2. The Labute approximate surface area is 770 Å². The Balaban J connectivity index is 1.01. The van der Waals surface area contributed by atoms with E-state index in [4.69, 9.17) is 42.6 Å². The second kappa shape index (κ2) is 50.7. The van der Waals surface area contributed by atoms with Gasteiger partial charge in [-0.15, -0.1) is 0 Å². The SMILES string of the molecule is CC(C)C[C@H](NC(=O)[C@H](CC(=O)O)NC(=O)[C@H](CC(C)C)NC(=O)[C@]1(C)CCCCCCCCCCCC[C@](C)(NC(=O)[C@@H](Cc2ccccc2)NC(=O)[C@H](CCC(N)=O)NC(=O)COCCOCCNC(=S)Nc2ccc3c(c2)C(=O)OC32c3ccc(O)cc3Oc3cc(O)ccc32)C(=O)N[C@@H](CC(C)C)C(=O)N[C@@H](CC(=O)O)C(=O)N1)C(=O)N[C@@H](C)C(=O)N[C@@H](CO)C(N)=O. The number of thiocarbonyl (C=S) groups is 1. The maximum atomic E-state index is 15.3. The molecule has 0 saturated carbocycles. The second-order valence-electron chi connectivity index (χ2n) is 35.1. The van der Waals surface area contributed by atoms with Crippen molar-refractivity contribution in [3.8, 4) is 23.0 Å². The number of ether oxygens (including phenoxy) is 4. The van der Waals surface area contributed by atoms with Crippen LogP contribution in [-0.4, -0.2) is 230 Å². The van der Waals surface area contributed by atoms with Crippen LogP contribution >= 0.6 is 12.2 Å². The summed E-state index contributed by atoms with van der Waals surface area (Å²) in [4.78, 5) is 221. The van der Waals surface area contributed by atoms with Crippen LogP contribution in [-0.2, 0) is 98.2 Å². The highest BCUT2D eigenvalue weighted by atomic mass is 32.1. The van der Waals surface area contributed by atoms with Gasteiger partial charge in [0.15, 0.2) is 10.7 Å². The van der Waals surface area contributed by atoms with Gasteiger partial charge in [0.25, 0.3) is 0 Å². The molecule has 132 heavy (non-hydrogen) atoms. The monoisotopic (exact) mass is 1860 g/mol. The highest BCUT2D eigenvalue weighted by Gasteiger charge is 2.54. The summed E-state index contributed by atoms with van der Waals surface area (Å²) in [6.07, 6.45) is 2.70. The first kappa shape index (κ1) is 106. The smallest absolute Gasteiger partial charge is 0.340 e. The summed E-state index contributed by atoms with van der Waals surface area (Å²) in [5.41, 5.74) is 8.04. The number of esters is 1. The average Bonchev–Trinajstić information content (AvgIpc) is 1.51. The summed E-state index contributed by atoms with van der Waals surface area (Å²) in [5, 5.41) is 84.8. The number of amides is 13. The number of hydrogen-bond donors (Lipinski definition) is 20. The van der Waals surface area contributed by atoms with Crippen LogP contribution in [0.2, 0.25) is 0 Å². The molecule has 4 aromatic carbocycles. The van der Waals surface area contributed by atoms with E-state index in [9.17, 15) is 87.9 Å². The number of carbonyl (C=O) groups excluding carboxylic acids is 14. The molecule has 13 amide bonds. The first-order valence-corrected chi connectivity index (χ1v) is 44.8. The van der Waals surface area contributed by atoms with Crippen molar-refractivity contribution in [1.29, 1.82) is 0 Å². The molecule has 1 fully saturated rings. The first-order chi connectivity index (χ1) is 62.4. The number of aliphatic hydroxyl groups is 1. The van der Waals surface area contributed by atoms with Gasteiger partial charge in [-0.1, -0.05) is 142 Å². The number of aromatic hydroxyl groups is 2. The van der Waals surface area contributed by atoms with Gasteiger partial charge in [-0.2, -0.15) is 0 Å². The molecule has 3 heterocycles. The molecule has 7 rings (SSSR count). The highest BCUT2D eigenvalue weighted by molar-refractivity contribution is 7.80. The molecule has 3 aliphatic heterocycles. The van der Waals surface area contributed by atoms with E-state index in [0.29, 0.717) is 60.0 Å². The number of fused-ring (bicyclic) bond motifs is 6. The standard InChI is InChI=1S/C91H127N15O25S/c1-50(2)39-63(79(119)95-53(7)77(117)102-69(48-107)76(93)116)98-82(122)67(46-74(112)113)100-80(120)64(40-51(3)4)103-87(127)90(9)34-22-17-15-13-11-10-12-14-16-21-33-89(8,86(126)104-65(41-52(5)6)81(121)101-68(47-75(114)115)84(124)106-90)105-83(123)66(42-54-23-19-18-20-24-54)99-78(118)62(31-32-72(92)110)97-73(111)49-129-38-37-128-36-35-94-88(132)96-55-25-28-59-58(43-55)85(125)131-91(59)60-29-26-56(108)44-70(60)130-71-45-57(109)27-30-61(71)91/h18-20,23-30,43-45,50-53,62-69,107-109H,10-17,21-22,31-42,46-49H2,1-9H3,(H2,92,110)(H2,93,116)(H,95,119)(H,97,111)(H,98,122)(H,99,118)(H,100,120)(H,101,121)(H,102,117)(H,103,127)(H,104,126)(H,105,123)(H,106,124)(H,112,113)(H,114,115)(H2,94,96,132)/t53-,62-,63-,64-,65-,66+,67-,68-,69-,89-,90-/m0/s1. The van der Waals surface area contributed by atoms with Gasteiger partial charge in [0.1, 0.15) is 95.1 Å². The van der Waals surface area contributed by atoms with Crippen LogP contribution in [0, 0.1) is 17.8 Å². The van der Waals surface area contributed by atoms with E-state index in [1.165, 1.54) is 45.0 Å². The summed E-state index contributed by atoms with van der Waals surface area (Å²) < 4.78 is 23.5. The number of aliphatic carboxylic acids is 2. The summed E-state index contributed by atoms with van der Waals surface area (Å²) in [7, 11) is 0. The third-order valence-corrected chi connectivity index (χ3v) is 22.7. The molecule has 41 heteroatoms. The van der Waals surface area contributed by atoms with E-state index in [-0.39, 0.29) is 123 Å². The third-order valence-electron chi connectivity index (χ3n) is 22.4. The minimum absolute atomic E-state index is 0.00775. The number of rotatable bonds is 41. The molecule has 0 radical (unpaired) electrons. The molecule has 0 bridgehead atoms. The zero-order valence-electron chi connectivity index (χ0n) is 75.9. The quantitative estimate of drug-likeness (QED) is 0.0172. The number of benzene rings is 4. The van der Waals surface area contributed by atoms with E-state index < -0.39 is 204 Å². The number of hydrogen-bond acceptors (Lipinski definition) is 24. The molecule has 22 N–H and O–H groups in total. The van der Waals surface area contributed by atoms with Crippen molar-refractivity contribution in [2.75, 3.05) is 44.9 Å². The number of carboxylic acids is 2.